The normalized spacial score (nSPS) is 18.8. The molecule has 0 radical (unpaired) electrons. The Bertz CT molecular complexity index is 1250. The molecule has 0 bridgehead atoms. The number of nitrogens with one attached hydrogen (secondary N) is 4. The van der Waals surface area contributed by atoms with E-state index in [1.165, 1.54) is 6.21 Å². The van der Waals surface area contributed by atoms with E-state index >= 15 is 0 Å². The van der Waals surface area contributed by atoms with Gasteiger partial charge in [-0.25, -0.2) is 4.98 Å². The first kappa shape index (κ1) is 31.7. The zero-order valence-electron chi connectivity index (χ0n) is 25.3. The maximum absolute atomic E-state index is 13.4. The first-order valence-electron chi connectivity index (χ1n) is 14.4. The molecule has 2 aliphatic heterocycles. The molecule has 1 aromatic rings. The van der Waals surface area contributed by atoms with Crippen molar-refractivity contribution in [1.82, 2.24) is 25.4 Å². The Balaban J connectivity index is 1.84. The Labute approximate surface area is 243 Å². The number of anilines is 1. The molecule has 222 valence electrons. The molecule has 0 aromatic carbocycles. The average molecular weight is 564 g/mol. The zero-order valence-corrected chi connectivity index (χ0v) is 25.3. The van der Waals surface area contributed by atoms with Crippen molar-refractivity contribution in [1.29, 1.82) is 5.41 Å². The van der Waals surface area contributed by atoms with Crippen LogP contribution in [0.5, 0.6) is 0 Å². The minimum Gasteiger partial charge on any atom is -0.367 e. The molecule has 2 aliphatic rings. The van der Waals surface area contributed by atoms with E-state index in [0.717, 1.165) is 42.7 Å². The number of nitrogens with zero attached hydrogens (tertiary/aromatic N) is 3. The van der Waals surface area contributed by atoms with Gasteiger partial charge in [0, 0.05) is 49.7 Å². The van der Waals surface area contributed by atoms with Crippen LogP contribution in [0.25, 0.3) is 5.57 Å². The molecule has 0 saturated carbocycles. The van der Waals surface area contributed by atoms with Crippen LogP contribution in [0.3, 0.4) is 0 Å². The van der Waals surface area contributed by atoms with E-state index < -0.39 is 0 Å². The maximum Gasteiger partial charge on any atom is 0.252 e. The molecule has 3 heterocycles. The van der Waals surface area contributed by atoms with Gasteiger partial charge >= 0.3 is 0 Å². The van der Waals surface area contributed by atoms with Crippen molar-refractivity contribution in [2.45, 2.75) is 59.9 Å². The van der Waals surface area contributed by atoms with Gasteiger partial charge in [0.1, 0.15) is 5.82 Å². The van der Waals surface area contributed by atoms with Gasteiger partial charge in [-0.05, 0) is 90.8 Å². The molecule has 1 fully saturated rings. The van der Waals surface area contributed by atoms with E-state index in [0.29, 0.717) is 60.8 Å². The van der Waals surface area contributed by atoms with Crippen LogP contribution in [0.4, 0.5) is 5.82 Å². The van der Waals surface area contributed by atoms with Crippen molar-refractivity contribution >= 4 is 35.8 Å². The first-order valence-corrected chi connectivity index (χ1v) is 14.4. The third-order valence-corrected chi connectivity index (χ3v) is 7.60. The van der Waals surface area contributed by atoms with Crippen LogP contribution >= 0.6 is 0 Å². The quantitative estimate of drug-likeness (QED) is 0.185. The van der Waals surface area contributed by atoms with Crippen LogP contribution in [-0.2, 0) is 9.59 Å². The van der Waals surface area contributed by atoms with Crippen molar-refractivity contribution in [3.8, 4) is 0 Å². The summed E-state index contributed by atoms with van der Waals surface area (Å²) in [5, 5.41) is 17.0. The Morgan fingerprint density at radius 1 is 1.22 bits per heavy atom. The smallest absolute Gasteiger partial charge is 0.252 e. The summed E-state index contributed by atoms with van der Waals surface area (Å²) in [6.07, 6.45) is 8.32. The summed E-state index contributed by atoms with van der Waals surface area (Å²) in [4.78, 5) is 46.3. The summed E-state index contributed by atoms with van der Waals surface area (Å²) < 4.78 is 0. The average Bonchev–Trinajstić information content (AvgIpc) is 2.94. The van der Waals surface area contributed by atoms with Gasteiger partial charge in [-0.15, -0.1) is 0 Å². The number of pyridine rings is 1. The van der Waals surface area contributed by atoms with Gasteiger partial charge < -0.3 is 31.2 Å². The van der Waals surface area contributed by atoms with Crippen molar-refractivity contribution < 1.29 is 14.4 Å². The minimum absolute atomic E-state index is 0.0488. The molecule has 1 unspecified atom stereocenters. The monoisotopic (exact) mass is 563 g/mol. The lowest BCUT2D eigenvalue weighted by Crippen LogP contribution is -2.45. The molecule has 0 aliphatic carbocycles. The Morgan fingerprint density at radius 2 is 1.98 bits per heavy atom. The molecular formula is C31H45N7O3. The Hall–Kier alpha value is -3.79. The third-order valence-electron chi connectivity index (χ3n) is 7.60. The van der Waals surface area contributed by atoms with Crippen molar-refractivity contribution in [2.75, 3.05) is 45.1 Å². The van der Waals surface area contributed by atoms with E-state index in [1.54, 1.807) is 13.0 Å². The predicted octanol–water partition coefficient (Wildman–Crippen LogP) is 3.57. The van der Waals surface area contributed by atoms with Crippen LogP contribution in [0, 0.1) is 11.3 Å². The molecule has 10 heteroatoms. The van der Waals surface area contributed by atoms with Gasteiger partial charge in [0.05, 0.1) is 17.2 Å². The number of amides is 3. The minimum atomic E-state index is -0.299. The van der Waals surface area contributed by atoms with Gasteiger partial charge in [0.2, 0.25) is 12.3 Å². The van der Waals surface area contributed by atoms with Crippen molar-refractivity contribution in [3.05, 3.63) is 51.9 Å². The van der Waals surface area contributed by atoms with E-state index in [-0.39, 0.29) is 23.8 Å². The second-order valence-electron chi connectivity index (χ2n) is 11.4. The number of rotatable bonds is 11. The SMILES string of the molecule is C/C(=C/C(C)=C(\C)CNC(=O)c1cc(C2=CCN(C(=O)C3CCCN(C)C3)CC2)nc(NC(C)C)c1C=N)NC=O. The largest absolute Gasteiger partial charge is 0.367 e. The van der Waals surface area contributed by atoms with Gasteiger partial charge in [0.25, 0.3) is 5.91 Å². The molecular weight excluding hydrogens is 518 g/mol. The lowest BCUT2D eigenvalue weighted by atomic mass is 9.95. The first-order chi connectivity index (χ1) is 19.5. The van der Waals surface area contributed by atoms with Crippen LogP contribution in [0.1, 0.15) is 75.5 Å². The second-order valence-corrected chi connectivity index (χ2v) is 11.4. The molecule has 1 saturated heterocycles. The van der Waals surface area contributed by atoms with E-state index in [4.69, 9.17) is 10.4 Å². The summed E-state index contributed by atoms with van der Waals surface area (Å²) in [6, 6.07) is 1.81. The van der Waals surface area contributed by atoms with Gasteiger partial charge in [-0.1, -0.05) is 11.6 Å². The number of hydrogen-bond acceptors (Lipinski definition) is 7. The molecule has 4 N–H and O–H groups in total. The number of aromatic nitrogens is 1. The fourth-order valence-corrected chi connectivity index (χ4v) is 5.20. The summed E-state index contributed by atoms with van der Waals surface area (Å²) in [6.45, 7) is 12.9. The number of piperidine rings is 1. The van der Waals surface area contributed by atoms with Gasteiger partial charge in [-0.3, -0.25) is 14.4 Å². The maximum atomic E-state index is 13.4. The van der Waals surface area contributed by atoms with E-state index in [1.807, 2.05) is 44.7 Å². The topological polar surface area (TPSA) is 131 Å². The molecule has 3 amide bonds. The fraction of sp³-hybridized carbons (Fsp3) is 0.516. The molecule has 0 spiro atoms. The molecule has 3 rings (SSSR count). The van der Waals surface area contributed by atoms with Crippen LogP contribution in [0.15, 0.2) is 35.1 Å². The fourth-order valence-electron chi connectivity index (χ4n) is 5.20. The lowest BCUT2D eigenvalue weighted by molar-refractivity contribution is -0.136. The van der Waals surface area contributed by atoms with Gasteiger partial charge in [-0.2, -0.15) is 0 Å². The molecule has 10 nitrogen and oxygen atoms in total. The van der Waals surface area contributed by atoms with E-state index in [2.05, 4.69) is 27.9 Å². The highest BCUT2D eigenvalue weighted by Gasteiger charge is 2.29. The second kappa shape index (κ2) is 14.7. The van der Waals surface area contributed by atoms with Crippen LogP contribution in [0.2, 0.25) is 0 Å². The van der Waals surface area contributed by atoms with Crippen molar-refractivity contribution in [3.63, 3.8) is 0 Å². The lowest BCUT2D eigenvalue weighted by Gasteiger charge is -2.34. The molecule has 41 heavy (non-hydrogen) atoms. The number of likely N-dealkylation sites (tertiary alicyclic amines) is 1. The van der Waals surface area contributed by atoms with Crippen LogP contribution in [-0.4, -0.2) is 85.0 Å². The number of hydrogen-bond donors (Lipinski definition) is 4. The third kappa shape index (κ3) is 8.60. The summed E-state index contributed by atoms with van der Waals surface area (Å²) in [7, 11) is 2.07. The Kier molecular flexibility index (Phi) is 11.4. The molecule has 1 atom stereocenters. The highest BCUT2D eigenvalue weighted by Crippen LogP contribution is 2.28. The summed E-state index contributed by atoms with van der Waals surface area (Å²) >= 11 is 0. The number of carbonyl (C=O) groups is 3. The van der Waals surface area contributed by atoms with Crippen LogP contribution < -0.4 is 16.0 Å². The van der Waals surface area contributed by atoms with Crippen molar-refractivity contribution in [2.24, 2.45) is 5.92 Å². The molecule has 1 aromatic heterocycles. The van der Waals surface area contributed by atoms with Gasteiger partial charge in [0.15, 0.2) is 0 Å². The summed E-state index contributed by atoms with van der Waals surface area (Å²) in [5.74, 6) is 0.455. The summed E-state index contributed by atoms with van der Waals surface area (Å²) in [5.41, 5.74) is 5.06. The highest BCUT2D eigenvalue weighted by molar-refractivity contribution is 6.05. The highest BCUT2D eigenvalue weighted by atomic mass is 16.2. The standard InChI is InChI=1S/C31H45N7O3/c1-20(2)35-29-27(16-32)26(30(40)33-17-22(4)21(3)14-23(5)34-19-39)15-28(36-29)24-9-12-38(13-10-24)31(41)25-8-7-11-37(6)18-25/h9,14-16,19-20,25,32H,7-8,10-13,17-18H2,1-6H3,(H,33,40)(H,34,39)(H,35,36)/b22-21+,23-14-,32-16?. The number of carbonyl (C=O) groups excluding carboxylic acids is 3. The predicted molar refractivity (Wildman–Crippen MR) is 164 cm³/mol. The number of allylic oxidation sites excluding steroid dienone is 3. The zero-order chi connectivity index (χ0) is 30.1. The Morgan fingerprint density at radius 3 is 2.59 bits per heavy atom. The van der Waals surface area contributed by atoms with E-state index in [9.17, 15) is 14.4 Å².